The lowest BCUT2D eigenvalue weighted by Gasteiger charge is -2.15. The lowest BCUT2D eigenvalue weighted by atomic mass is 10.2. The number of amides is 2. The number of likely N-dealkylation sites (N-methyl/N-ethyl adjacent to an activating group) is 1. The molecule has 3 N–H and O–H groups in total. The molecule has 0 aliphatic heterocycles. The number of carbonyl (C=O) groups is 2. The maximum Gasteiger partial charge on any atom is 0.275 e. The standard InChI is InChI=1S/C16H25N3O3/c1-12(2)18-16(21)11-19(3)10-15(20)17-9-13-5-7-14(22-4)8-6-13/h5-8,12H,9-11H2,1-4H3,(H,17,20)(H,18,21)/p+1. The van der Waals surface area contributed by atoms with Gasteiger partial charge in [-0.1, -0.05) is 12.1 Å². The van der Waals surface area contributed by atoms with Crippen molar-refractivity contribution >= 4 is 11.8 Å². The normalized spacial score (nSPS) is 11.9. The molecule has 0 aliphatic rings. The number of ether oxygens (including phenoxy) is 1. The molecule has 6 nitrogen and oxygen atoms in total. The van der Waals surface area contributed by atoms with Crippen LogP contribution >= 0.6 is 0 Å². The minimum absolute atomic E-state index is 0.0459. The van der Waals surface area contributed by atoms with Crippen LogP contribution in [0, 0.1) is 0 Å². The van der Waals surface area contributed by atoms with Gasteiger partial charge in [0.15, 0.2) is 13.1 Å². The highest BCUT2D eigenvalue weighted by Crippen LogP contribution is 2.10. The molecule has 2 amide bonds. The maximum atomic E-state index is 11.9. The average Bonchev–Trinajstić information content (AvgIpc) is 2.44. The van der Waals surface area contributed by atoms with Gasteiger partial charge in [-0.2, -0.15) is 0 Å². The van der Waals surface area contributed by atoms with Crippen molar-refractivity contribution in [2.24, 2.45) is 0 Å². The van der Waals surface area contributed by atoms with E-state index in [-0.39, 0.29) is 30.9 Å². The highest BCUT2D eigenvalue weighted by atomic mass is 16.5. The second-order valence-corrected chi connectivity index (χ2v) is 5.66. The zero-order chi connectivity index (χ0) is 16.5. The fourth-order valence-corrected chi connectivity index (χ4v) is 1.99. The number of methoxy groups -OCH3 is 1. The Morgan fingerprint density at radius 3 is 2.27 bits per heavy atom. The number of nitrogens with one attached hydrogen (secondary N) is 3. The Balaban J connectivity index is 2.31. The van der Waals surface area contributed by atoms with Crippen LogP contribution in [0.5, 0.6) is 5.75 Å². The Morgan fingerprint density at radius 1 is 1.14 bits per heavy atom. The summed E-state index contributed by atoms with van der Waals surface area (Å²) in [4.78, 5) is 24.3. The van der Waals surface area contributed by atoms with Crippen molar-refractivity contribution in [3.8, 4) is 5.75 Å². The molecular weight excluding hydrogens is 282 g/mol. The van der Waals surface area contributed by atoms with E-state index < -0.39 is 0 Å². The van der Waals surface area contributed by atoms with E-state index in [4.69, 9.17) is 4.74 Å². The highest BCUT2D eigenvalue weighted by molar-refractivity contribution is 5.79. The molecule has 122 valence electrons. The molecular formula is C16H26N3O3+. The van der Waals surface area contributed by atoms with Gasteiger partial charge in [0, 0.05) is 12.6 Å². The van der Waals surface area contributed by atoms with E-state index in [0.29, 0.717) is 6.54 Å². The summed E-state index contributed by atoms with van der Waals surface area (Å²) in [5, 5.41) is 5.66. The summed E-state index contributed by atoms with van der Waals surface area (Å²) in [7, 11) is 3.44. The minimum Gasteiger partial charge on any atom is -0.497 e. The topological polar surface area (TPSA) is 71.9 Å². The Bertz CT molecular complexity index is 486. The molecule has 0 saturated carbocycles. The monoisotopic (exact) mass is 308 g/mol. The van der Waals surface area contributed by atoms with Gasteiger partial charge in [0.25, 0.3) is 11.8 Å². The van der Waals surface area contributed by atoms with Gasteiger partial charge < -0.3 is 20.3 Å². The van der Waals surface area contributed by atoms with Crippen LogP contribution in [0.3, 0.4) is 0 Å². The molecule has 0 heterocycles. The van der Waals surface area contributed by atoms with Crippen molar-refractivity contribution in [2.75, 3.05) is 27.2 Å². The zero-order valence-electron chi connectivity index (χ0n) is 13.7. The SMILES string of the molecule is COc1ccc(CNC(=O)C[NH+](C)CC(=O)NC(C)C)cc1. The average molecular weight is 308 g/mol. The van der Waals surface area contributed by atoms with Crippen LogP contribution in [0.15, 0.2) is 24.3 Å². The Kier molecular flexibility index (Phi) is 7.39. The molecule has 0 fully saturated rings. The lowest BCUT2D eigenvalue weighted by Crippen LogP contribution is -3.11. The van der Waals surface area contributed by atoms with E-state index in [9.17, 15) is 9.59 Å². The predicted molar refractivity (Wildman–Crippen MR) is 84.7 cm³/mol. The van der Waals surface area contributed by atoms with Crippen LogP contribution < -0.4 is 20.3 Å². The molecule has 6 heteroatoms. The fourth-order valence-electron chi connectivity index (χ4n) is 1.99. The van der Waals surface area contributed by atoms with Crippen LogP contribution in [0.4, 0.5) is 0 Å². The van der Waals surface area contributed by atoms with Crippen molar-refractivity contribution in [2.45, 2.75) is 26.4 Å². The Labute approximate surface area is 131 Å². The number of carbonyl (C=O) groups excluding carboxylic acids is 2. The molecule has 1 unspecified atom stereocenters. The van der Waals surface area contributed by atoms with Gasteiger partial charge in [-0.25, -0.2) is 0 Å². The van der Waals surface area contributed by atoms with Gasteiger partial charge in [-0.3, -0.25) is 9.59 Å². The van der Waals surface area contributed by atoms with Gasteiger partial charge in [0.05, 0.1) is 14.2 Å². The first kappa shape index (κ1) is 18.0. The first-order valence-electron chi connectivity index (χ1n) is 7.41. The van der Waals surface area contributed by atoms with E-state index in [2.05, 4.69) is 10.6 Å². The molecule has 1 rings (SSSR count). The van der Waals surface area contributed by atoms with E-state index in [1.54, 1.807) is 7.11 Å². The fraction of sp³-hybridized carbons (Fsp3) is 0.500. The van der Waals surface area contributed by atoms with Crippen molar-refractivity contribution < 1.29 is 19.2 Å². The van der Waals surface area contributed by atoms with Crippen LogP contribution in [0.25, 0.3) is 0 Å². The minimum atomic E-state index is -0.0781. The maximum absolute atomic E-state index is 11.9. The molecule has 1 aromatic rings. The molecule has 0 aromatic heterocycles. The van der Waals surface area contributed by atoms with Crippen LogP contribution in [0.1, 0.15) is 19.4 Å². The van der Waals surface area contributed by atoms with Crippen molar-refractivity contribution in [3.05, 3.63) is 29.8 Å². The van der Waals surface area contributed by atoms with Gasteiger partial charge in [0.1, 0.15) is 5.75 Å². The summed E-state index contributed by atoms with van der Waals surface area (Å²) in [5.74, 6) is 0.663. The number of hydrogen-bond acceptors (Lipinski definition) is 3. The van der Waals surface area contributed by atoms with Crippen molar-refractivity contribution in [1.82, 2.24) is 10.6 Å². The van der Waals surface area contributed by atoms with Crippen molar-refractivity contribution in [3.63, 3.8) is 0 Å². The van der Waals surface area contributed by atoms with Gasteiger partial charge in [-0.15, -0.1) is 0 Å². The van der Waals surface area contributed by atoms with Crippen LogP contribution in [-0.4, -0.2) is 45.1 Å². The summed E-state index contributed by atoms with van der Waals surface area (Å²) in [5.41, 5.74) is 1.00. The summed E-state index contributed by atoms with van der Waals surface area (Å²) in [6.07, 6.45) is 0. The number of quaternary nitrogens is 1. The quantitative estimate of drug-likeness (QED) is 0.598. The smallest absolute Gasteiger partial charge is 0.275 e. The summed E-state index contributed by atoms with van der Waals surface area (Å²) < 4.78 is 5.08. The third-order valence-corrected chi connectivity index (χ3v) is 3.02. The zero-order valence-corrected chi connectivity index (χ0v) is 13.7. The van der Waals surface area contributed by atoms with Crippen molar-refractivity contribution in [1.29, 1.82) is 0 Å². The number of hydrogen-bond donors (Lipinski definition) is 3. The number of rotatable bonds is 8. The van der Waals surface area contributed by atoms with E-state index >= 15 is 0 Å². The van der Waals surface area contributed by atoms with E-state index in [1.165, 1.54) is 0 Å². The summed E-state index contributed by atoms with van der Waals surface area (Å²) in [6.45, 7) is 4.84. The molecule has 0 radical (unpaired) electrons. The largest absolute Gasteiger partial charge is 0.497 e. The summed E-state index contributed by atoms with van der Waals surface area (Å²) in [6, 6.07) is 7.64. The first-order chi connectivity index (χ1) is 10.4. The van der Waals surface area contributed by atoms with Gasteiger partial charge in [0.2, 0.25) is 0 Å². The molecule has 0 aliphatic carbocycles. The molecule has 0 spiro atoms. The lowest BCUT2D eigenvalue weighted by molar-refractivity contribution is -0.862. The second kappa shape index (κ2) is 9.04. The molecule has 22 heavy (non-hydrogen) atoms. The van der Waals surface area contributed by atoms with E-state index in [1.807, 2.05) is 45.2 Å². The second-order valence-electron chi connectivity index (χ2n) is 5.66. The molecule has 1 aromatic carbocycles. The highest BCUT2D eigenvalue weighted by Gasteiger charge is 2.14. The third kappa shape index (κ3) is 7.08. The van der Waals surface area contributed by atoms with Crippen LogP contribution in [0.2, 0.25) is 0 Å². The first-order valence-corrected chi connectivity index (χ1v) is 7.41. The van der Waals surface area contributed by atoms with Gasteiger partial charge in [-0.05, 0) is 31.5 Å². The Morgan fingerprint density at radius 2 is 1.73 bits per heavy atom. The van der Waals surface area contributed by atoms with Crippen LogP contribution in [-0.2, 0) is 16.1 Å². The summed E-state index contributed by atoms with van der Waals surface area (Å²) >= 11 is 0. The van der Waals surface area contributed by atoms with E-state index in [0.717, 1.165) is 16.2 Å². The molecule has 0 bridgehead atoms. The molecule has 0 saturated heterocycles. The predicted octanol–water partition coefficient (Wildman–Crippen LogP) is -0.649. The van der Waals surface area contributed by atoms with Gasteiger partial charge >= 0.3 is 0 Å². The number of benzene rings is 1. The Hall–Kier alpha value is -2.08. The molecule has 1 atom stereocenters. The third-order valence-electron chi connectivity index (χ3n) is 3.02.